The van der Waals surface area contributed by atoms with E-state index in [0.717, 1.165) is 0 Å². The maximum atomic E-state index is 6.21. The third-order valence-corrected chi connectivity index (χ3v) is 4.61. The van der Waals surface area contributed by atoms with Gasteiger partial charge >= 0.3 is 0 Å². The SMILES string of the molecule is CC(C)(N)C1(c2csc(Br)c2)CC1. The van der Waals surface area contributed by atoms with Gasteiger partial charge in [-0.1, -0.05) is 0 Å². The topological polar surface area (TPSA) is 26.0 Å². The lowest BCUT2D eigenvalue weighted by atomic mass is 9.80. The van der Waals surface area contributed by atoms with Gasteiger partial charge in [-0.2, -0.15) is 0 Å². The first-order valence-corrected chi connectivity index (χ1v) is 6.16. The minimum atomic E-state index is -0.0898. The van der Waals surface area contributed by atoms with E-state index in [-0.39, 0.29) is 11.0 Å². The van der Waals surface area contributed by atoms with E-state index >= 15 is 0 Å². The van der Waals surface area contributed by atoms with Crippen molar-refractivity contribution in [3.05, 3.63) is 20.8 Å². The van der Waals surface area contributed by atoms with Crippen molar-refractivity contribution in [2.45, 2.75) is 37.6 Å². The van der Waals surface area contributed by atoms with Crippen LogP contribution in [0.5, 0.6) is 0 Å². The van der Waals surface area contributed by atoms with Gasteiger partial charge in [0.1, 0.15) is 0 Å². The number of rotatable bonds is 2. The molecule has 0 atom stereocenters. The summed E-state index contributed by atoms with van der Waals surface area (Å²) in [6.07, 6.45) is 2.47. The van der Waals surface area contributed by atoms with Gasteiger partial charge < -0.3 is 5.73 Å². The van der Waals surface area contributed by atoms with Crippen LogP contribution in [0.2, 0.25) is 0 Å². The molecule has 13 heavy (non-hydrogen) atoms. The van der Waals surface area contributed by atoms with Crippen molar-refractivity contribution in [1.82, 2.24) is 0 Å². The van der Waals surface area contributed by atoms with E-state index in [1.54, 1.807) is 11.3 Å². The van der Waals surface area contributed by atoms with Gasteiger partial charge in [-0.05, 0) is 59.6 Å². The lowest BCUT2D eigenvalue weighted by molar-refractivity contribution is 0.392. The molecule has 0 bridgehead atoms. The molecule has 1 aromatic rings. The van der Waals surface area contributed by atoms with Gasteiger partial charge in [-0.15, -0.1) is 11.3 Å². The Labute approximate surface area is 91.5 Å². The van der Waals surface area contributed by atoms with Crippen LogP contribution in [0.15, 0.2) is 15.2 Å². The van der Waals surface area contributed by atoms with Crippen molar-refractivity contribution < 1.29 is 0 Å². The van der Waals surface area contributed by atoms with Gasteiger partial charge in [0.25, 0.3) is 0 Å². The van der Waals surface area contributed by atoms with Crippen LogP contribution in [-0.2, 0) is 5.41 Å². The Hall–Kier alpha value is 0.140. The summed E-state index contributed by atoms with van der Waals surface area (Å²) < 4.78 is 1.21. The minimum absolute atomic E-state index is 0.0898. The van der Waals surface area contributed by atoms with Crippen molar-refractivity contribution in [3.8, 4) is 0 Å². The third kappa shape index (κ3) is 1.47. The molecule has 0 aliphatic heterocycles. The Balaban J connectivity index is 2.36. The predicted molar refractivity (Wildman–Crippen MR) is 61.2 cm³/mol. The van der Waals surface area contributed by atoms with Gasteiger partial charge in [0.05, 0.1) is 3.79 Å². The van der Waals surface area contributed by atoms with Gasteiger partial charge in [0.2, 0.25) is 0 Å². The zero-order valence-electron chi connectivity index (χ0n) is 7.93. The summed E-state index contributed by atoms with van der Waals surface area (Å²) >= 11 is 5.25. The summed E-state index contributed by atoms with van der Waals surface area (Å²) in [7, 11) is 0. The van der Waals surface area contributed by atoms with Crippen molar-refractivity contribution in [1.29, 1.82) is 0 Å². The molecule has 1 heterocycles. The molecule has 1 saturated carbocycles. The smallest absolute Gasteiger partial charge is 0.0701 e. The molecule has 72 valence electrons. The van der Waals surface area contributed by atoms with Crippen LogP contribution in [0, 0.1) is 0 Å². The molecular weight excluding hydrogens is 246 g/mol. The fourth-order valence-corrected chi connectivity index (χ4v) is 3.25. The number of nitrogens with two attached hydrogens (primary N) is 1. The van der Waals surface area contributed by atoms with E-state index in [1.165, 1.54) is 22.2 Å². The van der Waals surface area contributed by atoms with Crippen LogP contribution in [0.25, 0.3) is 0 Å². The monoisotopic (exact) mass is 259 g/mol. The second-order valence-electron chi connectivity index (χ2n) is 4.44. The molecule has 1 fully saturated rings. The molecule has 2 N–H and O–H groups in total. The molecule has 0 unspecified atom stereocenters. The zero-order valence-corrected chi connectivity index (χ0v) is 10.3. The number of hydrogen-bond donors (Lipinski definition) is 1. The van der Waals surface area contributed by atoms with E-state index in [9.17, 15) is 0 Å². The van der Waals surface area contributed by atoms with Gasteiger partial charge in [-0.25, -0.2) is 0 Å². The largest absolute Gasteiger partial charge is 0.325 e. The molecule has 1 aromatic heterocycles. The van der Waals surface area contributed by atoms with Crippen molar-refractivity contribution in [2.75, 3.05) is 0 Å². The molecule has 0 saturated heterocycles. The standard InChI is InChI=1S/C10H14BrNS/c1-9(2,12)10(3-4-10)7-5-8(11)13-6-7/h5-6H,3-4,12H2,1-2H3. The van der Waals surface area contributed by atoms with Crippen molar-refractivity contribution >= 4 is 27.3 Å². The number of hydrogen-bond acceptors (Lipinski definition) is 2. The number of thiophene rings is 1. The summed E-state index contributed by atoms with van der Waals surface area (Å²) in [6, 6.07) is 2.21. The fourth-order valence-electron chi connectivity index (χ4n) is 1.99. The molecule has 2 rings (SSSR count). The summed E-state index contributed by atoms with van der Waals surface area (Å²) in [6.45, 7) is 4.26. The molecule has 1 aliphatic rings. The average Bonchev–Trinajstić information content (AvgIpc) is 2.70. The van der Waals surface area contributed by atoms with Gasteiger partial charge in [-0.3, -0.25) is 0 Å². The maximum absolute atomic E-state index is 6.21. The quantitative estimate of drug-likeness (QED) is 0.867. The molecule has 0 aromatic carbocycles. The van der Waals surface area contributed by atoms with Gasteiger partial charge in [0.15, 0.2) is 0 Å². The summed E-state index contributed by atoms with van der Waals surface area (Å²) in [5.74, 6) is 0. The van der Waals surface area contributed by atoms with E-state index in [1.807, 2.05) is 0 Å². The van der Waals surface area contributed by atoms with Crippen LogP contribution >= 0.6 is 27.3 Å². The highest BCUT2D eigenvalue weighted by Gasteiger charge is 2.53. The highest BCUT2D eigenvalue weighted by molar-refractivity contribution is 9.11. The summed E-state index contributed by atoms with van der Waals surface area (Å²) in [5.41, 5.74) is 7.79. The molecule has 0 spiro atoms. The van der Waals surface area contributed by atoms with Crippen LogP contribution in [0.3, 0.4) is 0 Å². The molecule has 1 aliphatic carbocycles. The third-order valence-electron chi connectivity index (χ3n) is 3.10. The first-order chi connectivity index (χ1) is 5.96. The first-order valence-electron chi connectivity index (χ1n) is 4.49. The van der Waals surface area contributed by atoms with Crippen LogP contribution in [0.4, 0.5) is 0 Å². The minimum Gasteiger partial charge on any atom is -0.325 e. The van der Waals surface area contributed by atoms with E-state index < -0.39 is 0 Å². The average molecular weight is 260 g/mol. The molecule has 0 amide bonds. The van der Waals surface area contributed by atoms with Gasteiger partial charge in [0, 0.05) is 11.0 Å². The Morgan fingerprint density at radius 3 is 2.46 bits per heavy atom. The fraction of sp³-hybridized carbons (Fsp3) is 0.600. The molecule has 0 radical (unpaired) electrons. The van der Waals surface area contributed by atoms with Crippen molar-refractivity contribution in [3.63, 3.8) is 0 Å². The highest BCUT2D eigenvalue weighted by Crippen LogP contribution is 2.55. The molecule has 3 heteroatoms. The summed E-state index contributed by atoms with van der Waals surface area (Å²) in [4.78, 5) is 0. The lowest BCUT2D eigenvalue weighted by Crippen LogP contribution is -2.45. The Bertz CT molecular complexity index is 320. The van der Waals surface area contributed by atoms with Crippen molar-refractivity contribution in [2.24, 2.45) is 5.73 Å². The highest BCUT2D eigenvalue weighted by atomic mass is 79.9. The van der Waals surface area contributed by atoms with E-state index in [0.29, 0.717) is 0 Å². The normalized spacial score (nSPS) is 20.3. The molecule has 1 nitrogen and oxygen atoms in total. The summed E-state index contributed by atoms with van der Waals surface area (Å²) in [5, 5.41) is 2.23. The lowest BCUT2D eigenvalue weighted by Gasteiger charge is -2.30. The second-order valence-corrected chi connectivity index (χ2v) is 6.73. The van der Waals surface area contributed by atoms with E-state index in [4.69, 9.17) is 5.73 Å². The number of halogens is 1. The molecular formula is C10H14BrNS. The van der Waals surface area contributed by atoms with Crippen LogP contribution in [-0.4, -0.2) is 5.54 Å². The zero-order chi connectivity index (χ0) is 9.69. The van der Waals surface area contributed by atoms with Crippen LogP contribution in [0.1, 0.15) is 32.3 Å². The van der Waals surface area contributed by atoms with E-state index in [2.05, 4.69) is 41.2 Å². The second kappa shape index (κ2) is 2.81. The predicted octanol–water partition coefficient (Wildman–Crippen LogP) is 3.28. The van der Waals surface area contributed by atoms with Crippen LogP contribution < -0.4 is 5.73 Å². The first kappa shape index (κ1) is 9.69. The Morgan fingerprint density at radius 1 is 1.54 bits per heavy atom. The Morgan fingerprint density at radius 2 is 2.15 bits per heavy atom. The maximum Gasteiger partial charge on any atom is 0.0701 e. The Kier molecular flexibility index (Phi) is 2.10.